The predicted octanol–water partition coefficient (Wildman–Crippen LogP) is 3.03. The molecule has 7 nitrogen and oxygen atoms in total. The highest BCUT2D eigenvalue weighted by Crippen LogP contribution is 2.28. The second-order valence-corrected chi connectivity index (χ2v) is 6.93. The number of rotatable bonds is 7. The molecule has 158 valence electrons. The lowest BCUT2D eigenvalue weighted by atomic mass is 10.2. The van der Waals surface area contributed by atoms with Crippen LogP contribution in [-0.4, -0.2) is 43.7 Å². The number of ether oxygens (including phenoxy) is 3. The van der Waals surface area contributed by atoms with Crippen molar-refractivity contribution in [2.24, 2.45) is 5.10 Å². The monoisotopic (exact) mass is 431 g/mol. The third kappa shape index (κ3) is 6.23. The van der Waals surface area contributed by atoms with Gasteiger partial charge < -0.3 is 19.5 Å². The molecule has 0 saturated carbocycles. The summed E-state index contributed by atoms with van der Waals surface area (Å²) < 4.78 is 29.2. The molecule has 0 spiro atoms. The van der Waals surface area contributed by atoms with Crippen molar-refractivity contribution in [3.05, 3.63) is 59.4 Å². The Morgan fingerprint density at radius 1 is 1.30 bits per heavy atom. The van der Waals surface area contributed by atoms with Crippen LogP contribution in [0.15, 0.2) is 47.6 Å². The first-order valence-electron chi connectivity index (χ1n) is 9.39. The smallest absolute Gasteiger partial charge is 0.343 e. The maximum atomic E-state index is 13.0. The predicted molar refractivity (Wildman–Crippen MR) is 115 cm³/mol. The Labute approximate surface area is 179 Å². The average Bonchev–Trinajstić information content (AvgIpc) is 3.27. The molecule has 1 heterocycles. The van der Waals surface area contributed by atoms with Crippen molar-refractivity contribution in [1.29, 1.82) is 0 Å². The molecule has 0 amide bonds. The number of benzene rings is 2. The fourth-order valence-electron chi connectivity index (χ4n) is 2.81. The van der Waals surface area contributed by atoms with Gasteiger partial charge in [0, 0.05) is 13.2 Å². The summed E-state index contributed by atoms with van der Waals surface area (Å²) in [6, 6.07) is 10.1. The molecule has 1 saturated heterocycles. The van der Waals surface area contributed by atoms with Crippen molar-refractivity contribution in [3.8, 4) is 11.5 Å². The molecule has 1 unspecified atom stereocenters. The Bertz CT molecular complexity index is 915. The molecule has 3 rings (SSSR count). The standard InChI is InChI=1S/C21H22FN3O4S/c1-27-19-11-14(12-24-25-21(30)23-13-17-3-2-10-28-17)4-9-18(19)29-20(26)15-5-7-16(22)8-6-15/h4-9,11-12,17H,2-3,10,13H2,1H3,(H2,23,25,30)/b24-12+. The zero-order chi connectivity index (χ0) is 21.3. The van der Waals surface area contributed by atoms with E-state index in [-0.39, 0.29) is 17.4 Å². The van der Waals surface area contributed by atoms with Crippen molar-refractivity contribution in [2.75, 3.05) is 20.3 Å². The van der Waals surface area contributed by atoms with E-state index in [9.17, 15) is 9.18 Å². The third-order valence-electron chi connectivity index (χ3n) is 4.36. The molecule has 1 atom stereocenters. The second-order valence-electron chi connectivity index (χ2n) is 6.52. The zero-order valence-corrected chi connectivity index (χ0v) is 17.2. The molecule has 1 fully saturated rings. The van der Waals surface area contributed by atoms with Gasteiger partial charge in [-0.3, -0.25) is 5.43 Å². The SMILES string of the molecule is COc1cc(/C=N/NC(=S)NCC2CCCO2)ccc1OC(=O)c1ccc(F)cc1. The van der Waals surface area contributed by atoms with Crippen LogP contribution in [0.4, 0.5) is 4.39 Å². The molecule has 1 aliphatic heterocycles. The number of methoxy groups -OCH3 is 1. The topological polar surface area (TPSA) is 81.2 Å². The summed E-state index contributed by atoms with van der Waals surface area (Å²) in [6.45, 7) is 1.44. The van der Waals surface area contributed by atoms with E-state index < -0.39 is 11.8 Å². The van der Waals surface area contributed by atoms with Crippen LogP contribution >= 0.6 is 12.2 Å². The van der Waals surface area contributed by atoms with Gasteiger partial charge in [-0.2, -0.15) is 5.10 Å². The first kappa shape index (κ1) is 21.7. The summed E-state index contributed by atoms with van der Waals surface area (Å²) in [7, 11) is 1.47. The van der Waals surface area contributed by atoms with Crippen molar-refractivity contribution >= 4 is 29.5 Å². The lowest BCUT2D eigenvalue weighted by molar-refractivity contribution is 0.0729. The molecule has 1 aliphatic rings. The quantitative estimate of drug-likeness (QED) is 0.229. The van der Waals surface area contributed by atoms with Crippen LogP contribution in [0.25, 0.3) is 0 Å². The zero-order valence-electron chi connectivity index (χ0n) is 16.4. The molecule has 9 heteroatoms. The van der Waals surface area contributed by atoms with Crippen LogP contribution in [0, 0.1) is 5.82 Å². The number of carbonyl (C=O) groups is 1. The average molecular weight is 431 g/mol. The van der Waals surface area contributed by atoms with Crippen LogP contribution in [0.5, 0.6) is 11.5 Å². The van der Waals surface area contributed by atoms with Gasteiger partial charge in [0.05, 0.1) is 25.0 Å². The Morgan fingerprint density at radius 2 is 2.10 bits per heavy atom. The molecule has 0 bridgehead atoms. The molecule has 2 N–H and O–H groups in total. The van der Waals surface area contributed by atoms with E-state index in [1.54, 1.807) is 24.4 Å². The van der Waals surface area contributed by atoms with Gasteiger partial charge in [-0.25, -0.2) is 9.18 Å². The maximum Gasteiger partial charge on any atom is 0.343 e. The fraction of sp³-hybridized carbons (Fsp3) is 0.286. The number of hydrogen-bond donors (Lipinski definition) is 2. The van der Waals surface area contributed by atoms with Gasteiger partial charge >= 0.3 is 5.97 Å². The largest absolute Gasteiger partial charge is 0.493 e. The number of thiocarbonyl (C=S) groups is 1. The first-order valence-corrected chi connectivity index (χ1v) is 9.80. The van der Waals surface area contributed by atoms with Crippen LogP contribution in [0.2, 0.25) is 0 Å². The van der Waals surface area contributed by atoms with Gasteiger partial charge in [0.15, 0.2) is 16.6 Å². The van der Waals surface area contributed by atoms with Crippen LogP contribution < -0.4 is 20.2 Å². The molecule has 0 radical (unpaired) electrons. The lowest BCUT2D eigenvalue weighted by Gasteiger charge is -2.12. The number of hydrazone groups is 1. The molecular weight excluding hydrogens is 409 g/mol. The van der Waals surface area contributed by atoms with Gasteiger partial charge in [-0.05, 0) is 73.1 Å². The number of esters is 1. The van der Waals surface area contributed by atoms with E-state index in [1.807, 2.05) is 0 Å². The van der Waals surface area contributed by atoms with Crippen molar-refractivity contribution < 1.29 is 23.4 Å². The summed E-state index contributed by atoms with van der Waals surface area (Å²) in [5.41, 5.74) is 3.69. The summed E-state index contributed by atoms with van der Waals surface area (Å²) >= 11 is 5.18. The molecule has 2 aromatic carbocycles. The van der Waals surface area contributed by atoms with E-state index in [4.69, 9.17) is 26.4 Å². The van der Waals surface area contributed by atoms with Gasteiger partial charge in [-0.1, -0.05) is 0 Å². The Morgan fingerprint density at radius 3 is 2.80 bits per heavy atom. The Hall–Kier alpha value is -3.04. The summed E-state index contributed by atoms with van der Waals surface area (Å²) in [6.07, 6.45) is 3.84. The van der Waals surface area contributed by atoms with Crippen molar-refractivity contribution in [1.82, 2.24) is 10.7 Å². The van der Waals surface area contributed by atoms with Crippen molar-refractivity contribution in [3.63, 3.8) is 0 Å². The van der Waals surface area contributed by atoms with Gasteiger partial charge in [0.25, 0.3) is 0 Å². The molecular formula is C21H22FN3O4S. The summed E-state index contributed by atoms with van der Waals surface area (Å²) in [4.78, 5) is 12.2. The number of nitrogens with zero attached hydrogens (tertiary/aromatic N) is 1. The van der Waals surface area contributed by atoms with Gasteiger partial charge in [-0.15, -0.1) is 0 Å². The second kappa shape index (κ2) is 10.7. The van der Waals surface area contributed by atoms with Gasteiger partial charge in [0.2, 0.25) is 0 Å². The minimum atomic E-state index is -0.612. The fourth-order valence-corrected chi connectivity index (χ4v) is 2.95. The van der Waals surface area contributed by atoms with Crippen LogP contribution in [0.1, 0.15) is 28.8 Å². The van der Waals surface area contributed by atoms with E-state index in [1.165, 1.54) is 31.4 Å². The first-order chi connectivity index (χ1) is 14.5. The highest BCUT2D eigenvalue weighted by atomic mass is 32.1. The van der Waals surface area contributed by atoms with E-state index in [2.05, 4.69) is 15.8 Å². The molecule has 30 heavy (non-hydrogen) atoms. The molecule has 0 aliphatic carbocycles. The van der Waals surface area contributed by atoms with E-state index >= 15 is 0 Å². The maximum absolute atomic E-state index is 13.0. The minimum absolute atomic E-state index is 0.183. The van der Waals surface area contributed by atoms with Gasteiger partial charge in [0.1, 0.15) is 5.82 Å². The minimum Gasteiger partial charge on any atom is -0.493 e. The van der Waals surface area contributed by atoms with E-state index in [0.29, 0.717) is 23.0 Å². The van der Waals surface area contributed by atoms with Crippen LogP contribution in [-0.2, 0) is 4.74 Å². The molecule has 2 aromatic rings. The molecule has 0 aromatic heterocycles. The highest BCUT2D eigenvalue weighted by molar-refractivity contribution is 7.80. The normalized spacial score (nSPS) is 15.7. The highest BCUT2D eigenvalue weighted by Gasteiger charge is 2.15. The summed E-state index contributed by atoms with van der Waals surface area (Å²) in [5.74, 6) is -0.443. The number of halogens is 1. The summed E-state index contributed by atoms with van der Waals surface area (Å²) in [5, 5.41) is 7.55. The Kier molecular flexibility index (Phi) is 7.69. The van der Waals surface area contributed by atoms with Crippen LogP contribution in [0.3, 0.4) is 0 Å². The number of carbonyl (C=O) groups excluding carboxylic acids is 1. The Balaban J connectivity index is 1.55. The van der Waals surface area contributed by atoms with Crippen molar-refractivity contribution in [2.45, 2.75) is 18.9 Å². The number of hydrogen-bond acceptors (Lipinski definition) is 6. The third-order valence-corrected chi connectivity index (χ3v) is 4.60. The lowest BCUT2D eigenvalue weighted by Crippen LogP contribution is -2.37. The number of nitrogens with one attached hydrogen (secondary N) is 2. The van der Waals surface area contributed by atoms with E-state index in [0.717, 1.165) is 19.4 Å².